The lowest BCUT2D eigenvalue weighted by molar-refractivity contribution is 0.104. The summed E-state index contributed by atoms with van der Waals surface area (Å²) in [6.07, 6.45) is 11.7. The maximum Gasteiger partial charge on any atom is 0.185 e. The molecule has 0 amide bonds. The molecule has 1 nitrogen and oxygen atoms in total. The molecule has 0 radical (unpaired) electrons. The van der Waals surface area contributed by atoms with E-state index in [0.717, 1.165) is 17.5 Å². The molecule has 2 rings (SSSR count). The second kappa shape index (κ2) is 10.1. The molecule has 0 fully saturated rings. The number of rotatable bonds is 9. The Hall–Kier alpha value is -1.80. The van der Waals surface area contributed by atoms with Crippen molar-refractivity contribution < 1.29 is 4.79 Å². The summed E-state index contributed by atoms with van der Waals surface area (Å²) in [6, 6.07) is 16.3. The minimum absolute atomic E-state index is 0.0688. The predicted octanol–water partition coefficient (Wildman–Crippen LogP) is 6.43. The number of aryl methyl sites for hydroxylation is 1. The van der Waals surface area contributed by atoms with E-state index in [2.05, 4.69) is 31.4 Å². The van der Waals surface area contributed by atoms with Crippen LogP contribution < -0.4 is 0 Å². The first-order valence-electron chi connectivity index (χ1n) is 8.68. The Morgan fingerprint density at radius 1 is 1.04 bits per heavy atom. The molecule has 0 spiro atoms. The molecule has 0 aliphatic heterocycles. The van der Waals surface area contributed by atoms with Gasteiger partial charge in [-0.1, -0.05) is 62.6 Å². The van der Waals surface area contributed by atoms with Crippen molar-refractivity contribution in [2.24, 2.45) is 0 Å². The number of allylic oxidation sites excluding steroid dienone is 1. The maximum atomic E-state index is 12.4. The molecule has 0 heterocycles. The van der Waals surface area contributed by atoms with E-state index in [9.17, 15) is 4.79 Å². The summed E-state index contributed by atoms with van der Waals surface area (Å²) in [5, 5.41) is 0. The zero-order valence-electron chi connectivity index (χ0n) is 14.6. The highest BCUT2D eigenvalue weighted by molar-refractivity contribution is 7.98. The van der Waals surface area contributed by atoms with Crippen LogP contribution in [-0.4, -0.2) is 12.0 Å². The molecule has 24 heavy (non-hydrogen) atoms. The van der Waals surface area contributed by atoms with Crippen LogP contribution in [0.25, 0.3) is 6.08 Å². The molecule has 0 N–H and O–H groups in total. The van der Waals surface area contributed by atoms with Crippen LogP contribution in [-0.2, 0) is 6.42 Å². The number of benzene rings is 2. The summed E-state index contributed by atoms with van der Waals surface area (Å²) < 4.78 is 0. The second-order valence-corrected chi connectivity index (χ2v) is 6.86. The molecular formula is C22H26OS. The van der Waals surface area contributed by atoms with Gasteiger partial charge in [0.15, 0.2) is 5.78 Å². The number of hydrogen-bond donors (Lipinski definition) is 0. The van der Waals surface area contributed by atoms with Crippen LogP contribution in [0, 0.1) is 0 Å². The van der Waals surface area contributed by atoms with Gasteiger partial charge in [-0.25, -0.2) is 0 Å². The Bertz CT molecular complexity index is 671. The van der Waals surface area contributed by atoms with Crippen molar-refractivity contribution in [3.8, 4) is 0 Å². The van der Waals surface area contributed by atoms with E-state index < -0.39 is 0 Å². The van der Waals surface area contributed by atoms with Crippen molar-refractivity contribution in [3.63, 3.8) is 0 Å². The SMILES string of the molecule is CCCCCCc1cccc(C(=O)C=Cc2ccc(SC)cc2)c1. The molecule has 0 atom stereocenters. The van der Waals surface area contributed by atoms with Gasteiger partial charge < -0.3 is 0 Å². The topological polar surface area (TPSA) is 17.1 Å². The van der Waals surface area contributed by atoms with Crippen molar-refractivity contribution in [3.05, 3.63) is 71.3 Å². The molecule has 0 unspecified atom stereocenters. The van der Waals surface area contributed by atoms with E-state index in [1.807, 2.05) is 36.4 Å². The van der Waals surface area contributed by atoms with E-state index in [-0.39, 0.29) is 5.78 Å². The molecule has 0 saturated heterocycles. The Morgan fingerprint density at radius 2 is 1.83 bits per heavy atom. The van der Waals surface area contributed by atoms with Gasteiger partial charge in [-0.15, -0.1) is 11.8 Å². The van der Waals surface area contributed by atoms with Crippen LogP contribution in [0.4, 0.5) is 0 Å². The average molecular weight is 339 g/mol. The lowest BCUT2D eigenvalue weighted by Gasteiger charge is -2.03. The van der Waals surface area contributed by atoms with Gasteiger partial charge in [-0.05, 0) is 54.5 Å². The van der Waals surface area contributed by atoms with Crippen LogP contribution in [0.2, 0.25) is 0 Å². The Morgan fingerprint density at radius 3 is 2.54 bits per heavy atom. The fourth-order valence-corrected chi connectivity index (χ4v) is 3.03. The normalized spacial score (nSPS) is 11.1. The number of unbranched alkanes of at least 4 members (excludes halogenated alkanes) is 3. The molecule has 0 aliphatic rings. The minimum Gasteiger partial charge on any atom is -0.289 e. The molecule has 2 aromatic carbocycles. The number of ketones is 1. The number of hydrogen-bond acceptors (Lipinski definition) is 2. The summed E-state index contributed by atoms with van der Waals surface area (Å²) >= 11 is 1.72. The van der Waals surface area contributed by atoms with Crippen molar-refractivity contribution >= 4 is 23.6 Å². The maximum absolute atomic E-state index is 12.4. The van der Waals surface area contributed by atoms with E-state index >= 15 is 0 Å². The number of thioether (sulfide) groups is 1. The van der Waals surface area contributed by atoms with Crippen molar-refractivity contribution in [2.45, 2.75) is 43.9 Å². The van der Waals surface area contributed by atoms with E-state index in [1.54, 1.807) is 17.8 Å². The fourth-order valence-electron chi connectivity index (χ4n) is 2.62. The van der Waals surface area contributed by atoms with Crippen LogP contribution in [0.3, 0.4) is 0 Å². The van der Waals surface area contributed by atoms with Gasteiger partial charge >= 0.3 is 0 Å². The molecule has 0 saturated carbocycles. The first kappa shape index (κ1) is 18.5. The summed E-state index contributed by atoms with van der Waals surface area (Å²) in [5.74, 6) is 0.0688. The van der Waals surface area contributed by atoms with E-state index in [0.29, 0.717) is 0 Å². The highest BCUT2D eigenvalue weighted by Gasteiger charge is 2.03. The van der Waals surface area contributed by atoms with Gasteiger partial charge in [0.2, 0.25) is 0 Å². The molecule has 0 bridgehead atoms. The van der Waals surface area contributed by atoms with Crippen LogP contribution in [0.15, 0.2) is 59.5 Å². The van der Waals surface area contributed by atoms with E-state index in [1.165, 1.54) is 36.1 Å². The standard InChI is InChI=1S/C22H26OS/c1-3-4-5-6-8-19-9-7-10-20(17-19)22(23)16-13-18-11-14-21(24-2)15-12-18/h7,9-17H,3-6,8H2,1-2H3. The van der Waals surface area contributed by atoms with Crippen LogP contribution >= 0.6 is 11.8 Å². The Balaban J connectivity index is 1.96. The van der Waals surface area contributed by atoms with Crippen LogP contribution in [0.1, 0.15) is 54.1 Å². The van der Waals surface area contributed by atoms with Gasteiger partial charge in [0.25, 0.3) is 0 Å². The zero-order chi connectivity index (χ0) is 17.2. The van der Waals surface area contributed by atoms with Crippen molar-refractivity contribution in [1.29, 1.82) is 0 Å². The molecule has 126 valence electrons. The Labute approximate surface area is 150 Å². The molecule has 0 aliphatic carbocycles. The summed E-state index contributed by atoms with van der Waals surface area (Å²) in [7, 11) is 0. The number of carbonyl (C=O) groups excluding carboxylic acids is 1. The zero-order valence-corrected chi connectivity index (χ0v) is 15.4. The average Bonchev–Trinajstić information content (AvgIpc) is 2.64. The summed E-state index contributed by atoms with van der Waals surface area (Å²) in [6.45, 7) is 2.22. The summed E-state index contributed by atoms with van der Waals surface area (Å²) in [5.41, 5.74) is 3.09. The molecular weight excluding hydrogens is 312 g/mol. The third-order valence-corrected chi connectivity index (χ3v) is 4.82. The minimum atomic E-state index is 0.0688. The summed E-state index contributed by atoms with van der Waals surface area (Å²) in [4.78, 5) is 13.6. The highest BCUT2D eigenvalue weighted by atomic mass is 32.2. The second-order valence-electron chi connectivity index (χ2n) is 5.98. The Kier molecular flexibility index (Phi) is 7.84. The first-order valence-corrected chi connectivity index (χ1v) is 9.91. The van der Waals surface area contributed by atoms with Crippen LogP contribution in [0.5, 0.6) is 0 Å². The van der Waals surface area contributed by atoms with Crippen molar-refractivity contribution in [2.75, 3.05) is 6.26 Å². The molecule has 2 aromatic rings. The smallest absolute Gasteiger partial charge is 0.185 e. The third kappa shape index (κ3) is 6.01. The quantitative estimate of drug-likeness (QED) is 0.227. The van der Waals surface area contributed by atoms with Gasteiger partial charge in [0.1, 0.15) is 0 Å². The predicted molar refractivity (Wildman–Crippen MR) is 106 cm³/mol. The van der Waals surface area contributed by atoms with Gasteiger partial charge in [-0.2, -0.15) is 0 Å². The number of carbonyl (C=O) groups is 1. The largest absolute Gasteiger partial charge is 0.289 e. The highest BCUT2D eigenvalue weighted by Crippen LogP contribution is 2.16. The van der Waals surface area contributed by atoms with Gasteiger partial charge in [0, 0.05) is 10.5 Å². The monoisotopic (exact) mass is 338 g/mol. The van der Waals surface area contributed by atoms with E-state index in [4.69, 9.17) is 0 Å². The molecule has 2 heteroatoms. The van der Waals surface area contributed by atoms with Crippen molar-refractivity contribution in [1.82, 2.24) is 0 Å². The first-order chi connectivity index (χ1) is 11.7. The molecule has 0 aromatic heterocycles. The van der Waals surface area contributed by atoms with Gasteiger partial charge in [-0.3, -0.25) is 4.79 Å². The third-order valence-electron chi connectivity index (χ3n) is 4.07. The lowest BCUT2D eigenvalue weighted by Crippen LogP contribution is -1.96. The lowest BCUT2D eigenvalue weighted by atomic mass is 10.0. The fraction of sp³-hybridized carbons (Fsp3) is 0.318. The van der Waals surface area contributed by atoms with Gasteiger partial charge in [0.05, 0.1) is 0 Å².